The third-order valence-electron chi connectivity index (χ3n) is 2.61. The second kappa shape index (κ2) is 6.82. The van der Waals surface area contributed by atoms with Gasteiger partial charge in [0.05, 0.1) is 5.57 Å². The molecule has 0 unspecified atom stereocenters. The third kappa shape index (κ3) is 4.01. The van der Waals surface area contributed by atoms with Gasteiger partial charge in [0.2, 0.25) is 0 Å². The molecule has 0 fully saturated rings. The maximum atomic E-state index is 11.4. The zero-order valence-corrected chi connectivity index (χ0v) is 11.0. The monoisotopic (exact) mass is 263 g/mol. The third-order valence-corrected chi connectivity index (χ3v) is 2.61. The first-order valence-electron chi connectivity index (χ1n) is 5.76. The predicted octanol–water partition coefficient (Wildman–Crippen LogP) is 0.259. The number of hydrogen-bond acceptors (Lipinski definition) is 5. The molecule has 0 bridgehead atoms. The first-order chi connectivity index (χ1) is 8.99. The second-order valence-electron chi connectivity index (χ2n) is 4.21. The van der Waals surface area contributed by atoms with Gasteiger partial charge in [-0.3, -0.25) is 9.59 Å². The quantitative estimate of drug-likeness (QED) is 0.437. The van der Waals surface area contributed by atoms with Crippen LogP contribution in [0.15, 0.2) is 29.8 Å². The minimum atomic E-state index is -0.757. The number of aliphatic hydroxyl groups is 2. The topological polar surface area (TPSA) is 77.8 Å². The van der Waals surface area contributed by atoms with E-state index in [1.165, 1.54) is 6.08 Å². The van der Waals surface area contributed by atoms with Crippen LogP contribution in [-0.2, 0) is 9.59 Å². The Kier molecular flexibility index (Phi) is 5.41. The fraction of sp³-hybridized carbons (Fsp3) is 0.286. The lowest BCUT2D eigenvalue weighted by Gasteiger charge is -2.12. The molecule has 19 heavy (non-hydrogen) atoms. The molecule has 0 aromatic heterocycles. The summed E-state index contributed by atoms with van der Waals surface area (Å²) in [6.07, 6.45) is 1.37. The van der Waals surface area contributed by atoms with Gasteiger partial charge in [0, 0.05) is 19.8 Å². The summed E-state index contributed by atoms with van der Waals surface area (Å²) in [6, 6.07) is 7.20. The molecule has 0 saturated carbocycles. The molecule has 0 spiro atoms. The highest BCUT2D eigenvalue weighted by Gasteiger charge is 2.16. The highest BCUT2D eigenvalue weighted by molar-refractivity contribution is 6.24. The minimum absolute atomic E-state index is 0.192. The van der Waals surface area contributed by atoms with E-state index >= 15 is 0 Å². The summed E-state index contributed by atoms with van der Waals surface area (Å²) in [7, 11) is 3.81. The highest BCUT2D eigenvalue weighted by atomic mass is 16.3. The largest absolute Gasteiger partial charge is 0.388 e. The molecular weight excluding hydrogens is 246 g/mol. The maximum absolute atomic E-state index is 11.4. The molecule has 0 saturated heterocycles. The molecule has 0 heterocycles. The normalized spacial score (nSPS) is 9.89. The molecule has 0 aliphatic carbocycles. The molecule has 0 aliphatic heterocycles. The molecule has 1 rings (SSSR count). The lowest BCUT2D eigenvalue weighted by molar-refractivity contribution is -0.124. The Hall–Kier alpha value is -1.98. The van der Waals surface area contributed by atoms with Crippen LogP contribution in [-0.4, -0.2) is 49.1 Å². The number of Topliss-reactive ketones (excluding diaryl/α,β-unsaturated/α-hetero) is 2. The molecule has 5 nitrogen and oxygen atoms in total. The molecule has 0 atom stereocenters. The van der Waals surface area contributed by atoms with Crippen LogP contribution in [0.5, 0.6) is 0 Å². The van der Waals surface area contributed by atoms with E-state index in [1.54, 1.807) is 12.1 Å². The van der Waals surface area contributed by atoms with Crippen molar-refractivity contribution in [2.24, 2.45) is 0 Å². The van der Waals surface area contributed by atoms with Gasteiger partial charge in [-0.25, -0.2) is 0 Å². The average molecular weight is 263 g/mol. The van der Waals surface area contributed by atoms with Crippen molar-refractivity contribution in [1.82, 2.24) is 0 Å². The molecule has 0 radical (unpaired) electrons. The van der Waals surface area contributed by atoms with Crippen LogP contribution >= 0.6 is 0 Å². The Bertz CT molecular complexity index is 471. The first kappa shape index (κ1) is 15.1. The smallest absolute Gasteiger partial charge is 0.191 e. The van der Waals surface area contributed by atoms with Gasteiger partial charge in [0.15, 0.2) is 11.6 Å². The predicted molar refractivity (Wildman–Crippen MR) is 72.9 cm³/mol. The van der Waals surface area contributed by atoms with E-state index in [9.17, 15) is 9.59 Å². The lowest BCUT2D eigenvalue weighted by Crippen LogP contribution is -2.18. The standard InChI is InChI=1S/C14H17NO4/c1-15(2)11-5-3-10(4-6-11)7-12(13(18)8-16)14(19)9-17/h3-7,16-17H,8-9H2,1-2H3. The van der Waals surface area contributed by atoms with Gasteiger partial charge in [-0.2, -0.15) is 0 Å². The summed E-state index contributed by atoms with van der Waals surface area (Å²) in [5, 5.41) is 17.6. The van der Waals surface area contributed by atoms with E-state index in [1.807, 2.05) is 31.1 Å². The van der Waals surface area contributed by atoms with Crippen LogP contribution in [0.3, 0.4) is 0 Å². The number of hydrogen-bond donors (Lipinski definition) is 2. The van der Waals surface area contributed by atoms with E-state index in [-0.39, 0.29) is 5.57 Å². The van der Waals surface area contributed by atoms with Crippen molar-refractivity contribution < 1.29 is 19.8 Å². The Morgan fingerprint density at radius 1 is 1.05 bits per heavy atom. The van der Waals surface area contributed by atoms with Gasteiger partial charge >= 0.3 is 0 Å². The van der Waals surface area contributed by atoms with E-state index in [4.69, 9.17) is 10.2 Å². The molecule has 1 aromatic rings. The summed E-state index contributed by atoms with van der Waals surface area (Å²) in [5.74, 6) is -1.40. The summed E-state index contributed by atoms with van der Waals surface area (Å²) in [4.78, 5) is 24.8. The highest BCUT2D eigenvalue weighted by Crippen LogP contribution is 2.15. The zero-order valence-electron chi connectivity index (χ0n) is 11.0. The van der Waals surface area contributed by atoms with Crippen molar-refractivity contribution in [1.29, 1.82) is 0 Å². The number of carbonyl (C=O) groups excluding carboxylic acids is 2. The number of rotatable bonds is 6. The van der Waals surface area contributed by atoms with Crippen LogP contribution in [0, 0.1) is 0 Å². The van der Waals surface area contributed by atoms with E-state index < -0.39 is 24.8 Å². The summed E-state index contributed by atoms with van der Waals surface area (Å²) >= 11 is 0. The molecular formula is C14H17NO4. The van der Waals surface area contributed by atoms with Crippen molar-refractivity contribution in [3.63, 3.8) is 0 Å². The molecule has 0 aliphatic rings. The van der Waals surface area contributed by atoms with Gasteiger partial charge in [-0.05, 0) is 23.8 Å². The number of carbonyl (C=O) groups is 2. The van der Waals surface area contributed by atoms with Crippen LogP contribution in [0.4, 0.5) is 5.69 Å². The van der Waals surface area contributed by atoms with Crippen molar-refractivity contribution in [2.75, 3.05) is 32.2 Å². The van der Waals surface area contributed by atoms with Crippen molar-refractivity contribution in [3.8, 4) is 0 Å². The van der Waals surface area contributed by atoms with Crippen molar-refractivity contribution in [2.45, 2.75) is 0 Å². The zero-order chi connectivity index (χ0) is 14.4. The Labute approximate surface area is 111 Å². The van der Waals surface area contributed by atoms with Crippen LogP contribution in [0.2, 0.25) is 0 Å². The molecule has 2 N–H and O–H groups in total. The Balaban J connectivity index is 3.08. The van der Waals surface area contributed by atoms with Gasteiger partial charge < -0.3 is 15.1 Å². The van der Waals surface area contributed by atoms with Crippen molar-refractivity contribution in [3.05, 3.63) is 35.4 Å². The number of benzene rings is 1. The van der Waals surface area contributed by atoms with Crippen LogP contribution < -0.4 is 4.90 Å². The molecule has 5 heteroatoms. The SMILES string of the molecule is CN(C)c1ccc(C=C(C(=O)CO)C(=O)CO)cc1. The lowest BCUT2D eigenvalue weighted by atomic mass is 10.0. The van der Waals surface area contributed by atoms with E-state index in [0.717, 1.165) is 5.69 Å². The van der Waals surface area contributed by atoms with E-state index in [2.05, 4.69) is 0 Å². The fourth-order valence-electron chi connectivity index (χ4n) is 1.52. The van der Waals surface area contributed by atoms with Crippen molar-refractivity contribution >= 4 is 23.3 Å². The van der Waals surface area contributed by atoms with Gasteiger partial charge in [0.25, 0.3) is 0 Å². The second-order valence-corrected chi connectivity index (χ2v) is 4.21. The molecule has 0 amide bonds. The number of anilines is 1. The Morgan fingerprint density at radius 2 is 1.53 bits per heavy atom. The average Bonchev–Trinajstić information content (AvgIpc) is 2.43. The number of ketones is 2. The first-order valence-corrected chi connectivity index (χ1v) is 5.76. The van der Waals surface area contributed by atoms with Gasteiger partial charge in [0.1, 0.15) is 13.2 Å². The van der Waals surface area contributed by atoms with Gasteiger partial charge in [-0.1, -0.05) is 12.1 Å². The van der Waals surface area contributed by atoms with Crippen LogP contribution in [0.1, 0.15) is 5.56 Å². The van der Waals surface area contributed by atoms with E-state index in [0.29, 0.717) is 5.56 Å². The van der Waals surface area contributed by atoms with Gasteiger partial charge in [-0.15, -0.1) is 0 Å². The fourth-order valence-corrected chi connectivity index (χ4v) is 1.52. The molecule has 102 valence electrons. The Morgan fingerprint density at radius 3 is 1.89 bits per heavy atom. The summed E-state index contributed by atoms with van der Waals surface area (Å²) in [6.45, 7) is -1.51. The summed E-state index contributed by atoms with van der Waals surface area (Å²) in [5.41, 5.74) is 1.45. The number of nitrogens with zero attached hydrogens (tertiary/aromatic N) is 1. The summed E-state index contributed by atoms with van der Waals surface area (Å²) < 4.78 is 0. The maximum Gasteiger partial charge on any atom is 0.191 e. The van der Waals surface area contributed by atoms with Crippen LogP contribution in [0.25, 0.3) is 6.08 Å². The number of aliphatic hydroxyl groups excluding tert-OH is 2. The molecule has 1 aromatic carbocycles. The minimum Gasteiger partial charge on any atom is -0.388 e.